The summed E-state index contributed by atoms with van der Waals surface area (Å²) in [5.74, 6) is 0.0224. The number of hydrogen-bond donors (Lipinski definition) is 2. The van der Waals surface area contributed by atoms with Crippen molar-refractivity contribution in [2.24, 2.45) is 0 Å². The van der Waals surface area contributed by atoms with Crippen LogP contribution in [0.15, 0.2) is 48.5 Å². The number of rotatable bonds is 2. The van der Waals surface area contributed by atoms with Crippen LogP contribution in [0.1, 0.15) is 5.56 Å². The summed E-state index contributed by atoms with van der Waals surface area (Å²) in [7, 11) is 0. The number of nitrogen functional groups attached to an aromatic ring is 1. The zero-order valence-corrected chi connectivity index (χ0v) is 10.5. The van der Waals surface area contributed by atoms with Crippen LogP contribution >= 0.6 is 0 Å². The van der Waals surface area contributed by atoms with Gasteiger partial charge in [-0.15, -0.1) is 0 Å². The third-order valence-electron chi connectivity index (χ3n) is 3.21. The topological polar surface area (TPSA) is 58.4 Å². The lowest BCUT2D eigenvalue weighted by atomic mass is 10.1. The average Bonchev–Trinajstić information content (AvgIpc) is 2.41. The maximum Gasteiger partial charge on any atom is 0.243 e. The van der Waals surface area contributed by atoms with E-state index in [4.69, 9.17) is 5.73 Å². The van der Waals surface area contributed by atoms with Crippen LogP contribution in [0.3, 0.4) is 0 Å². The molecule has 0 unspecified atom stereocenters. The largest absolute Gasteiger partial charge is 0.399 e. The summed E-state index contributed by atoms with van der Waals surface area (Å²) in [5.41, 5.74) is 9.49. The standard InChI is InChI=1S/C15H15N3O/c16-12-7-5-11(6-8-12)9-18-10-15(19)17-13-3-1-2-4-14(13)18/h1-8H,9-10,16H2,(H,17,19). The summed E-state index contributed by atoms with van der Waals surface area (Å²) >= 11 is 0. The Hall–Kier alpha value is -2.49. The van der Waals surface area contributed by atoms with Crippen LogP contribution in [0, 0.1) is 0 Å². The first kappa shape index (κ1) is 11.6. The van der Waals surface area contributed by atoms with Gasteiger partial charge in [0.25, 0.3) is 0 Å². The smallest absolute Gasteiger partial charge is 0.243 e. The first-order valence-electron chi connectivity index (χ1n) is 6.20. The first-order valence-corrected chi connectivity index (χ1v) is 6.20. The van der Waals surface area contributed by atoms with Crippen molar-refractivity contribution in [3.05, 3.63) is 54.1 Å². The molecule has 2 aromatic carbocycles. The Morgan fingerprint density at radius 1 is 1.11 bits per heavy atom. The van der Waals surface area contributed by atoms with Crippen LogP contribution in [0.2, 0.25) is 0 Å². The monoisotopic (exact) mass is 253 g/mol. The SMILES string of the molecule is Nc1ccc(CN2CC(=O)Nc3ccccc32)cc1. The van der Waals surface area contributed by atoms with Gasteiger partial charge in [-0.2, -0.15) is 0 Å². The molecule has 0 radical (unpaired) electrons. The average molecular weight is 253 g/mol. The Labute approximate surface area is 111 Å². The molecule has 0 aliphatic carbocycles. The highest BCUT2D eigenvalue weighted by atomic mass is 16.2. The lowest BCUT2D eigenvalue weighted by molar-refractivity contribution is -0.115. The fourth-order valence-electron chi connectivity index (χ4n) is 2.29. The van der Waals surface area contributed by atoms with Crippen LogP contribution < -0.4 is 16.0 Å². The van der Waals surface area contributed by atoms with E-state index >= 15 is 0 Å². The van der Waals surface area contributed by atoms with Crippen LogP contribution in [0.25, 0.3) is 0 Å². The molecule has 4 heteroatoms. The van der Waals surface area contributed by atoms with E-state index < -0.39 is 0 Å². The number of benzene rings is 2. The highest BCUT2D eigenvalue weighted by molar-refractivity contribution is 6.01. The molecule has 3 N–H and O–H groups in total. The molecule has 96 valence electrons. The maximum atomic E-state index is 11.7. The molecular weight excluding hydrogens is 238 g/mol. The Balaban J connectivity index is 1.89. The van der Waals surface area contributed by atoms with Gasteiger partial charge in [0, 0.05) is 12.2 Å². The van der Waals surface area contributed by atoms with E-state index in [2.05, 4.69) is 10.2 Å². The van der Waals surface area contributed by atoms with Crippen molar-refractivity contribution < 1.29 is 4.79 Å². The highest BCUT2D eigenvalue weighted by Crippen LogP contribution is 2.29. The molecule has 4 nitrogen and oxygen atoms in total. The summed E-state index contributed by atoms with van der Waals surface area (Å²) < 4.78 is 0. The molecule has 0 bridgehead atoms. The Morgan fingerprint density at radius 2 is 1.84 bits per heavy atom. The molecule has 1 heterocycles. The van der Waals surface area contributed by atoms with Crippen molar-refractivity contribution >= 4 is 23.0 Å². The number of carbonyl (C=O) groups is 1. The van der Waals surface area contributed by atoms with Crippen LogP contribution in [-0.2, 0) is 11.3 Å². The van der Waals surface area contributed by atoms with Gasteiger partial charge >= 0.3 is 0 Å². The predicted octanol–water partition coefficient (Wildman–Crippen LogP) is 2.23. The van der Waals surface area contributed by atoms with Crippen molar-refractivity contribution in [3.8, 4) is 0 Å². The van der Waals surface area contributed by atoms with Gasteiger partial charge in [-0.25, -0.2) is 0 Å². The summed E-state index contributed by atoms with van der Waals surface area (Å²) in [5, 5.41) is 2.88. The highest BCUT2D eigenvalue weighted by Gasteiger charge is 2.21. The normalized spacial score (nSPS) is 13.9. The molecule has 0 atom stereocenters. The van der Waals surface area contributed by atoms with E-state index in [1.807, 2.05) is 48.5 Å². The second kappa shape index (κ2) is 4.65. The number of nitrogens with zero attached hydrogens (tertiary/aromatic N) is 1. The van der Waals surface area contributed by atoms with Gasteiger partial charge in [0.05, 0.1) is 17.9 Å². The summed E-state index contributed by atoms with van der Waals surface area (Å²) in [6.45, 7) is 1.08. The van der Waals surface area contributed by atoms with Crippen molar-refractivity contribution in [2.75, 3.05) is 22.5 Å². The van der Waals surface area contributed by atoms with Crippen molar-refractivity contribution in [1.82, 2.24) is 0 Å². The van der Waals surface area contributed by atoms with E-state index in [-0.39, 0.29) is 5.91 Å². The zero-order valence-electron chi connectivity index (χ0n) is 10.5. The van der Waals surface area contributed by atoms with Gasteiger partial charge in [0.1, 0.15) is 0 Å². The summed E-state index contributed by atoms with van der Waals surface area (Å²) in [6.07, 6.45) is 0. The Bertz CT molecular complexity index is 607. The molecule has 19 heavy (non-hydrogen) atoms. The molecule has 1 aliphatic heterocycles. The van der Waals surface area contributed by atoms with Gasteiger partial charge in [-0.3, -0.25) is 4.79 Å². The third kappa shape index (κ3) is 2.38. The van der Waals surface area contributed by atoms with Gasteiger partial charge in [-0.05, 0) is 29.8 Å². The number of amides is 1. The minimum absolute atomic E-state index is 0.0224. The minimum atomic E-state index is 0.0224. The van der Waals surface area contributed by atoms with Crippen LogP contribution in [0.5, 0.6) is 0 Å². The predicted molar refractivity (Wildman–Crippen MR) is 77.0 cm³/mol. The molecule has 0 saturated heterocycles. The number of hydrogen-bond acceptors (Lipinski definition) is 3. The molecule has 0 aromatic heterocycles. The number of carbonyl (C=O) groups excluding carboxylic acids is 1. The van der Waals surface area contributed by atoms with Crippen LogP contribution in [-0.4, -0.2) is 12.5 Å². The summed E-state index contributed by atoms with van der Waals surface area (Å²) in [6, 6.07) is 15.6. The van der Waals surface area contributed by atoms with Crippen molar-refractivity contribution in [3.63, 3.8) is 0 Å². The van der Waals surface area contributed by atoms with E-state index in [9.17, 15) is 4.79 Å². The minimum Gasteiger partial charge on any atom is -0.399 e. The molecule has 2 aromatic rings. The van der Waals surface area contributed by atoms with Crippen molar-refractivity contribution in [1.29, 1.82) is 0 Å². The molecule has 1 aliphatic rings. The lowest BCUT2D eigenvalue weighted by Gasteiger charge is -2.30. The molecule has 0 spiro atoms. The van der Waals surface area contributed by atoms with E-state index in [0.717, 1.165) is 22.6 Å². The lowest BCUT2D eigenvalue weighted by Crippen LogP contribution is -2.37. The molecule has 3 rings (SSSR count). The number of para-hydroxylation sites is 2. The molecule has 1 amide bonds. The van der Waals surface area contributed by atoms with Crippen molar-refractivity contribution in [2.45, 2.75) is 6.54 Å². The third-order valence-corrected chi connectivity index (χ3v) is 3.21. The Kier molecular flexibility index (Phi) is 2.83. The van der Waals surface area contributed by atoms with E-state index in [1.165, 1.54) is 0 Å². The number of fused-ring (bicyclic) bond motifs is 1. The van der Waals surface area contributed by atoms with Gasteiger partial charge in [-0.1, -0.05) is 24.3 Å². The van der Waals surface area contributed by atoms with Gasteiger partial charge in [0.2, 0.25) is 5.91 Å². The van der Waals surface area contributed by atoms with Gasteiger partial charge < -0.3 is 16.0 Å². The fraction of sp³-hybridized carbons (Fsp3) is 0.133. The molecular formula is C15H15N3O. The zero-order chi connectivity index (χ0) is 13.2. The molecule has 0 saturated carbocycles. The van der Waals surface area contributed by atoms with Crippen LogP contribution in [0.4, 0.5) is 17.1 Å². The fourth-order valence-corrected chi connectivity index (χ4v) is 2.29. The number of nitrogens with one attached hydrogen (secondary N) is 1. The maximum absolute atomic E-state index is 11.7. The first-order chi connectivity index (χ1) is 9.22. The second-order valence-electron chi connectivity index (χ2n) is 4.66. The number of nitrogens with two attached hydrogens (primary N) is 1. The van der Waals surface area contributed by atoms with E-state index in [0.29, 0.717) is 13.1 Å². The quantitative estimate of drug-likeness (QED) is 0.807. The molecule has 0 fully saturated rings. The summed E-state index contributed by atoms with van der Waals surface area (Å²) in [4.78, 5) is 13.8. The Morgan fingerprint density at radius 3 is 2.63 bits per heavy atom. The van der Waals surface area contributed by atoms with E-state index in [1.54, 1.807) is 0 Å². The van der Waals surface area contributed by atoms with Gasteiger partial charge in [0.15, 0.2) is 0 Å². The number of anilines is 3. The second-order valence-corrected chi connectivity index (χ2v) is 4.66.